The van der Waals surface area contributed by atoms with Gasteiger partial charge in [0, 0.05) is 25.6 Å². The molecule has 5 nitrogen and oxygen atoms in total. The van der Waals surface area contributed by atoms with E-state index in [-0.39, 0.29) is 6.04 Å². The number of hydrogen-bond donors (Lipinski definition) is 2. The van der Waals surface area contributed by atoms with E-state index in [4.69, 9.17) is 4.74 Å². The summed E-state index contributed by atoms with van der Waals surface area (Å²) in [6.45, 7) is 9.17. The van der Waals surface area contributed by atoms with E-state index < -0.39 is 5.60 Å². The van der Waals surface area contributed by atoms with Gasteiger partial charge in [0.1, 0.15) is 0 Å². The van der Waals surface area contributed by atoms with Crippen molar-refractivity contribution >= 4 is 15.9 Å². The van der Waals surface area contributed by atoms with Crippen LogP contribution in [0.4, 0.5) is 0 Å². The summed E-state index contributed by atoms with van der Waals surface area (Å²) in [6, 6.07) is 0.219. The average Bonchev–Trinajstić information content (AvgIpc) is 2.75. The largest absolute Gasteiger partial charge is 0.390 e. The molecule has 2 N–H and O–H groups in total. The normalized spacial score (nSPS) is 22.2. The second-order valence-corrected chi connectivity index (χ2v) is 6.77. The van der Waals surface area contributed by atoms with Crippen LogP contribution in [0.2, 0.25) is 0 Å². The predicted octanol–water partition coefficient (Wildman–Crippen LogP) is 1.90. The highest BCUT2D eigenvalue weighted by Gasteiger charge is 2.30. The molecule has 0 aromatic carbocycles. The second-order valence-electron chi connectivity index (χ2n) is 5.98. The van der Waals surface area contributed by atoms with Crippen molar-refractivity contribution in [2.24, 2.45) is 0 Å². The SMILES string of the molecule is CCc1nn(CC)c(CC(C)(O)CC2COCCN2)c1Br. The highest BCUT2D eigenvalue weighted by molar-refractivity contribution is 9.10. The summed E-state index contributed by atoms with van der Waals surface area (Å²) in [5, 5.41) is 18.8. The summed E-state index contributed by atoms with van der Waals surface area (Å²) in [5.74, 6) is 0. The molecule has 0 amide bonds. The van der Waals surface area contributed by atoms with Gasteiger partial charge in [0.2, 0.25) is 0 Å². The molecule has 0 radical (unpaired) electrons. The van der Waals surface area contributed by atoms with Gasteiger partial charge in [-0.2, -0.15) is 5.10 Å². The van der Waals surface area contributed by atoms with Crippen LogP contribution in [0.25, 0.3) is 0 Å². The number of rotatable bonds is 6. The van der Waals surface area contributed by atoms with Gasteiger partial charge < -0.3 is 15.2 Å². The van der Waals surface area contributed by atoms with Crippen molar-refractivity contribution in [3.8, 4) is 0 Å². The number of nitrogens with one attached hydrogen (secondary N) is 1. The van der Waals surface area contributed by atoms with Crippen LogP contribution in [0.1, 0.15) is 38.6 Å². The fraction of sp³-hybridized carbons (Fsp3) is 0.800. The number of halogens is 1. The van der Waals surface area contributed by atoms with Crippen molar-refractivity contribution in [1.82, 2.24) is 15.1 Å². The van der Waals surface area contributed by atoms with Crippen LogP contribution in [0.3, 0.4) is 0 Å². The Hall–Kier alpha value is -0.430. The molecule has 1 aliphatic rings. The predicted molar refractivity (Wildman–Crippen MR) is 86.5 cm³/mol. The van der Waals surface area contributed by atoms with Crippen molar-refractivity contribution in [2.75, 3.05) is 19.8 Å². The number of hydrogen-bond acceptors (Lipinski definition) is 4. The van der Waals surface area contributed by atoms with Crippen LogP contribution in [0.5, 0.6) is 0 Å². The summed E-state index contributed by atoms with van der Waals surface area (Å²) in [7, 11) is 0. The molecule has 120 valence electrons. The first kappa shape index (κ1) is 16.9. The Morgan fingerprint density at radius 1 is 1.52 bits per heavy atom. The second kappa shape index (κ2) is 7.22. The van der Waals surface area contributed by atoms with E-state index in [0.29, 0.717) is 19.4 Å². The molecule has 1 saturated heterocycles. The zero-order valence-electron chi connectivity index (χ0n) is 13.2. The van der Waals surface area contributed by atoms with Crippen LogP contribution in [0.15, 0.2) is 4.47 Å². The highest BCUT2D eigenvalue weighted by Crippen LogP contribution is 2.28. The van der Waals surface area contributed by atoms with Crippen LogP contribution in [0, 0.1) is 0 Å². The lowest BCUT2D eigenvalue weighted by Gasteiger charge is -2.31. The Labute approximate surface area is 135 Å². The number of morpholine rings is 1. The monoisotopic (exact) mass is 359 g/mol. The number of aliphatic hydroxyl groups is 1. The molecule has 1 aliphatic heterocycles. The summed E-state index contributed by atoms with van der Waals surface area (Å²) < 4.78 is 8.50. The molecule has 6 heteroatoms. The number of aryl methyl sites for hydroxylation is 2. The van der Waals surface area contributed by atoms with Crippen LogP contribution in [-0.4, -0.2) is 46.3 Å². The summed E-state index contributed by atoms with van der Waals surface area (Å²) in [6.07, 6.45) is 2.16. The van der Waals surface area contributed by atoms with Gasteiger partial charge in [0.25, 0.3) is 0 Å². The zero-order valence-corrected chi connectivity index (χ0v) is 14.7. The fourth-order valence-corrected chi connectivity index (χ4v) is 3.61. The van der Waals surface area contributed by atoms with Crippen LogP contribution < -0.4 is 5.32 Å². The van der Waals surface area contributed by atoms with Crippen molar-refractivity contribution in [1.29, 1.82) is 0 Å². The van der Waals surface area contributed by atoms with E-state index in [9.17, 15) is 5.11 Å². The molecule has 21 heavy (non-hydrogen) atoms. The number of nitrogens with zero attached hydrogens (tertiary/aromatic N) is 2. The van der Waals surface area contributed by atoms with Gasteiger partial charge in [0.05, 0.1) is 34.7 Å². The molecule has 2 atom stereocenters. The first-order valence-electron chi connectivity index (χ1n) is 7.74. The van der Waals surface area contributed by atoms with Gasteiger partial charge in [-0.1, -0.05) is 6.92 Å². The maximum Gasteiger partial charge on any atom is 0.0766 e. The van der Waals surface area contributed by atoms with Gasteiger partial charge in [-0.25, -0.2) is 0 Å². The lowest BCUT2D eigenvalue weighted by molar-refractivity contribution is 0.00529. The molecule has 1 aromatic heterocycles. The average molecular weight is 360 g/mol. The van der Waals surface area contributed by atoms with E-state index in [1.165, 1.54) is 0 Å². The maximum atomic E-state index is 10.8. The van der Waals surface area contributed by atoms with Crippen LogP contribution >= 0.6 is 15.9 Å². The minimum Gasteiger partial charge on any atom is -0.390 e. The fourth-order valence-electron chi connectivity index (χ4n) is 2.90. The molecule has 2 heterocycles. The smallest absolute Gasteiger partial charge is 0.0766 e. The molecule has 2 rings (SSSR count). The molecule has 0 aliphatic carbocycles. The molecule has 2 unspecified atom stereocenters. The van der Waals surface area contributed by atoms with E-state index in [0.717, 1.165) is 42.0 Å². The standard InChI is InChI=1S/C15H26BrN3O2/c1-4-12-14(16)13(19(5-2)18-12)9-15(3,20)8-11-10-21-7-6-17-11/h11,17,20H,4-10H2,1-3H3. The van der Waals surface area contributed by atoms with E-state index >= 15 is 0 Å². The molecule has 0 spiro atoms. The highest BCUT2D eigenvalue weighted by atomic mass is 79.9. The molecular formula is C15H26BrN3O2. The van der Waals surface area contributed by atoms with E-state index in [1.807, 2.05) is 11.6 Å². The molecular weight excluding hydrogens is 334 g/mol. The van der Waals surface area contributed by atoms with Crippen LogP contribution in [-0.2, 0) is 24.1 Å². The van der Waals surface area contributed by atoms with Gasteiger partial charge >= 0.3 is 0 Å². The van der Waals surface area contributed by atoms with Gasteiger partial charge in [-0.05, 0) is 42.6 Å². The third kappa shape index (κ3) is 4.28. The Kier molecular flexibility index (Phi) is 5.82. The Balaban J connectivity index is 2.09. The number of ether oxygens (including phenoxy) is 1. The van der Waals surface area contributed by atoms with Crippen molar-refractivity contribution < 1.29 is 9.84 Å². The lowest BCUT2D eigenvalue weighted by Crippen LogP contribution is -2.46. The Bertz CT molecular complexity index is 468. The van der Waals surface area contributed by atoms with Crippen molar-refractivity contribution in [3.63, 3.8) is 0 Å². The molecule has 0 saturated carbocycles. The van der Waals surface area contributed by atoms with Gasteiger partial charge in [0.15, 0.2) is 0 Å². The minimum atomic E-state index is -0.779. The van der Waals surface area contributed by atoms with E-state index in [2.05, 4.69) is 40.2 Å². The quantitative estimate of drug-likeness (QED) is 0.814. The molecule has 0 bridgehead atoms. The lowest BCUT2D eigenvalue weighted by atomic mass is 9.91. The molecule has 1 aromatic rings. The topological polar surface area (TPSA) is 59.3 Å². The van der Waals surface area contributed by atoms with Crippen molar-refractivity contribution in [2.45, 2.75) is 58.2 Å². The summed E-state index contributed by atoms with van der Waals surface area (Å²) in [5.41, 5.74) is 1.36. The number of aromatic nitrogens is 2. The minimum absolute atomic E-state index is 0.219. The third-order valence-corrected chi connectivity index (χ3v) is 4.84. The summed E-state index contributed by atoms with van der Waals surface area (Å²) >= 11 is 3.65. The summed E-state index contributed by atoms with van der Waals surface area (Å²) in [4.78, 5) is 0. The van der Waals surface area contributed by atoms with Gasteiger partial charge in [-0.15, -0.1) is 0 Å². The van der Waals surface area contributed by atoms with Gasteiger partial charge in [-0.3, -0.25) is 4.68 Å². The van der Waals surface area contributed by atoms with Crippen molar-refractivity contribution in [3.05, 3.63) is 15.9 Å². The zero-order chi connectivity index (χ0) is 15.5. The maximum absolute atomic E-state index is 10.8. The molecule has 1 fully saturated rings. The first-order chi connectivity index (χ1) is 9.96. The Morgan fingerprint density at radius 2 is 2.29 bits per heavy atom. The Morgan fingerprint density at radius 3 is 2.86 bits per heavy atom. The third-order valence-electron chi connectivity index (χ3n) is 3.93. The first-order valence-corrected chi connectivity index (χ1v) is 8.53. The van der Waals surface area contributed by atoms with E-state index in [1.54, 1.807) is 0 Å².